The molecule has 32 valence electrons. The predicted octanol–water partition coefficient (Wildman–Crippen LogP) is -0.0555. The molecule has 4 heteroatoms. The molecular formula is C2H6NNaS2. The standard InChI is InChI=1S/C2H5NS2.Na.H/c1-5-2(3)4;;/h1H3,(H2,3,4);;. The van der Waals surface area contributed by atoms with E-state index < -0.39 is 0 Å². The summed E-state index contributed by atoms with van der Waals surface area (Å²) >= 11 is 5.83. The molecule has 0 amide bonds. The van der Waals surface area contributed by atoms with Crippen molar-refractivity contribution in [3.05, 3.63) is 0 Å². The summed E-state index contributed by atoms with van der Waals surface area (Å²) in [4.78, 5) is 0. The van der Waals surface area contributed by atoms with Gasteiger partial charge in [-0.05, 0) is 6.26 Å². The van der Waals surface area contributed by atoms with Crippen molar-refractivity contribution in [2.24, 2.45) is 5.73 Å². The van der Waals surface area contributed by atoms with Crippen molar-refractivity contribution in [2.45, 2.75) is 0 Å². The van der Waals surface area contributed by atoms with Gasteiger partial charge in [-0.2, -0.15) is 0 Å². The van der Waals surface area contributed by atoms with Crippen LogP contribution in [0.2, 0.25) is 0 Å². The summed E-state index contributed by atoms with van der Waals surface area (Å²) in [6.45, 7) is 0. The molecule has 1 nitrogen and oxygen atoms in total. The second kappa shape index (κ2) is 6.24. The normalized spacial score (nSPS) is 6.17. The molecule has 0 fully saturated rings. The van der Waals surface area contributed by atoms with Crippen LogP contribution in [-0.2, 0) is 0 Å². The maximum atomic E-state index is 4.99. The van der Waals surface area contributed by atoms with Crippen LogP contribution >= 0.6 is 24.0 Å². The summed E-state index contributed by atoms with van der Waals surface area (Å²) in [6.07, 6.45) is 1.85. The van der Waals surface area contributed by atoms with Gasteiger partial charge in [0, 0.05) is 0 Å². The topological polar surface area (TPSA) is 26.0 Å². The molecule has 0 aromatic carbocycles. The van der Waals surface area contributed by atoms with Crippen LogP contribution in [0.25, 0.3) is 0 Å². The molecule has 6 heavy (non-hydrogen) atoms. The van der Waals surface area contributed by atoms with Gasteiger partial charge in [0.1, 0.15) is 4.32 Å². The Balaban J connectivity index is 0. The van der Waals surface area contributed by atoms with E-state index in [-0.39, 0.29) is 29.6 Å². The number of thioether (sulfide) groups is 1. The Kier molecular flexibility index (Phi) is 10.7. The van der Waals surface area contributed by atoms with E-state index in [1.807, 2.05) is 6.26 Å². The third kappa shape index (κ3) is 8.97. The Morgan fingerprint density at radius 1 is 1.83 bits per heavy atom. The summed E-state index contributed by atoms with van der Waals surface area (Å²) in [7, 11) is 0. The fraction of sp³-hybridized carbons (Fsp3) is 0.500. The SMILES string of the molecule is CSC(N)=S.[NaH]. The van der Waals surface area contributed by atoms with Crippen molar-refractivity contribution >= 4 is 57.9 Å². The molecule has 0 atom stereocenters. The minimum atomic E-state index is 0. The molecule has 0 unspecified atom stereocenters. The Labute approximate surface area is 69.3 Å². The molecule has 0 spiro atoms. The minimum absolute atomic E-state index is 0. The first kappa shape index (κ1) is 10.3. The van der Waals surface area contributed by atoms with Crippen LogP contribution in [0.5, 0.6) is 0 Å². The van der Waals surface area contributed by atoms with Crippen LogP contribution in [0.3, 0.4) is 0 Å². The molecule has 0 bridgehead atoms. The third-order valence-electron chi connectivity index (χ3n) is 0.201. The molecule has 0 aromatic rings. The predicted molar refractivity (Wildman–Crippen MR) is 37.4 cm³/mol. The van der Waals surface area contributed by atoms with Gasteiger partial charge >= 0.3 is 29.6 Å². The van der Waals surface area contributed by atoms with Crippen molar-refractivity contribution in [3.63, 3.8) is 0 Å². The van der Waals surface area contributed by atoms with E-state index >= 15 is 0 Å². The van der Waals surface area contributed by atoms with Crippen LogP contribution in [0.1, 0.15) is 0 Å². The molecule has 0 aliphatic carbocycles. The van der Waals surface area contributed by atoms with Crippen molar-refractivity contribution in [1.82, 2.24) is 0 Å². The van der Waals surface area contributed by atoms with E-state index in [0.717, 1.165) is 0 Å². The Morgan fingerprint density at radius 3 is 2.00 bits per heavy atom. The van der Waals surface area contributed by atoms with Crippen molar-refractivity contribution < 1.29 is 0 Å². The van der Waals surface area contributed by atoms with Crippen molar-refractivity contribution in [1.29, 1.82) is 0 Å². The van der Waals surface area contributed by atoms with Gasteiger partial charge in [-0.25, -0.2) is 0 Å². The molecule has 0 heterocycles. The molecule has 0 saturated carbocycles. The fourth-order valence-corrected chi connectivity index (χ4v) is 0. The summed E-state index contributed by atoms with van der Waals surface area (Å²) in [5.41, 5.74) is 4.99. The first-order valence-corrected chi connectivity index (χ1v) is 2.74. The molecule has 2 N–H and O–H groups in total. The monoisotopic (exact) mass is 131 g/mol. The molecule has 0 saturated heterocycles. The van der Waals surface area contributed by atoms with Crippen LogP contribution in [0.15, 0.2) is 0 Å². The molecule has 0 rings (SSSR count). The van der Waals surface area contributed by atoms with Gasteiger partial charge in [0.05, 0.1) is 0 Å². The van der Waals surface area contributed by atoms with Gasteiger partial charge in [-0.1, -0.05) is 12.2 Å². The fourth-order valence-electron chi connectivity index (χ4n) is 0. The number of nitrogens with two attached hydrogens (primary N) is 1. The Hall–Kier alpha value is 1.24. The van der Waals surface area contributed by atoms with Gasteiger partial charge < -0.3 is 5.73 Å². The van der Waals surface area contributed by atoms with Gasteiger partial charge in [0.2, 0.25) is 0 Å². The van der Waals surface area contributed by atoms with E-state index in [1.165, 1.54) is 11.8 Å². The molecule has 0 aliphatic rings. The van der Waals surface area contributed by atoms with Crippen LogP contribution in [0.4, 0.5) is 0 Å². The van der Waals surface area contributed by atoms with Crippen LogP contribution < -0.4 is 5.73 Å². The van der Waals surface area contributed by atoms with E-state index in [4.69, 9.17) is 5.73 Å². The average Bonchev–Trinajstić information content (AvgIpc) is 1.38. The van der Waals surface area contributed by atoms with Gasteiger partial charge in [0.25, 0.3) is 0 Å². The number of hydrogen-bond acceptors (Lipinski definition) is 2. The van der Waals surface area contributed by atoms with Crippen molar-refractivity contribution in [2.75, 3.05) is 6.26 Å². The van der Waals surface area contributed by atoms with Gasteiger partial charge in [-0.3, -0.25) is 0 Å². The zero-order chi connectivity index (χ0) is 4.28. The third-order valence-corrected chi connectivity index (χ3v) is 1.10. The average molecular weight is 131 g/mol. The van der Waals surface area contributed by atoms with Crippen molar-refractivity contribution in [3.8, 4) is 0 Å². The summed E-state index contributed by atoms with van der Waals surface area (Å²) in [5, 5.41) is 0. The van der Waals surface area contributed by atoms with E-state index in [9.17, 15) is 0 Å². The first-order valence-electron chi connectivity index (χ1n) is 1.11. The zero-order valence-corrected chi connectivity index (χ0v) is 4.53. The van der Waals surface area contributed by atoms with E-state index in [0.29, 0.717) is 4.32 Å². The Morgan fingerprint density at radius 2 is 2.00 bits per heavy atom. The van der Waals surface area contributed by atoms with E-state index in [1.54, 1.807) is 0 Å². The Bertz CT molecular complexity index is 46.8. The number of hydrogen-bond donors (Lipinski definition) is 1. The summed E-state index contributed by atoms with van der Waals surface area (Å²) < 4.78 is 0.505. The molecule has 0 radical (unpaired) electrons. The molecule has 0 aliphatic heterocycles. The number of rotatable bonds is 0. The first-order chi connectivity index (χ1) is 2.27. The second-order valence-corrected chi connectivity index (χ2v) is 2.07. The summed E-state index contributed by atoms with van der Waals surface area (Å²) in [6, 6.07) is 0. The summed E-state index contributed by atoms with van der Waals surface area (Å²) in [5.74, 6) is 0. The van der Waals surface area contributed by atoms with Crippen LogP contribution in [-0.4, -0.2) is 40.1 Å². The maximum absolute atomic E-state index is 4.99. The van der Waals surface area contributed by atoms with Crippen LogP contribution in [0, 0.1) is 0 Å². The zero-order valence-electron chi connectivity index (χ0n) is 2.89. The number of thiocarbonyl (C=S) groups is 1. The molecular weight excluding hydrogens is 125 g/mol. The quantitative estimate of drug-likeness (QED) is 0.368. The molecule has 0 aromatic heterocycles. The van der Waals surface area contributed by atoms with Gasteiger partial charge in [0.15, 0.2) is 0 Å². The second-order valence-electron chi connectivity index (χ2n) is 0.523. The van der Waals surface area contributed by atoms with Gasteiger partial charge in [-0.15, -0.1) is 11.8 Å². The van der Waals surface area contributed by atoms with E-state index in [2.05, 4.69) is 12.2 Å².